The lowest BCUT2D eigenvalue weighted by Gasteiger charge is -2.10. The van der Waals surface area contributed by atoms with E-state index in [0.717, 1.165) is 18.5 Å². The summed E-state index contributed by atoms with van der Waals surface area (Å²) in [4.78, 5) is 4.27. The molecule has 18 heavy (non-hydrogen) atoms. The van der Waals surface area contributed by atoms with E-state index in [1.165, 1.54) is 12.8 Å². The summed E-state index contributed by atoms with van der Waals surface area (Å²) in [6.07, 6.45) is 4.52. The number of hydrogen-bond donors (Lipinski definition) is 2. The van der Waals surface area contributed by atoms with Crippen molar-refractivity contribution in [1.82, 2.24) is 4.98 Å². The molecular formula is C13H21N3O2. The minimum absolute atomic E-state index is 0.0195. The third-order valence-electron chi connectivity index (χ3n) is 2.62. The zero-order valence-electron chi connectivity index (χ0n) is 11.0. The predicted octanol–water partition coefficient (Wildman–Crippen LogP) is 2.44. The lowest BCUT2D eigenvalue weighted by molar-refractivity contribution is 0.291. The van der Waals surface area contributed by atoms with Gasteiger partial charge in [-0.15, -0.1) is 0 Å². The van der Waals surface area contributed by atoms with Crippen LogP contribution in [0.1, 0.15) is 43.9 Å². The van der Waals surface area contributed by atoms with Crippen molar-refractivity contribution in [3.63, 3.8) is 0 Å². The molecule has 0 unspecified atom stereocenters. The molecule has 0 amide bonds. The molecule has 0 aliphatic rings. The van der Waals surface area contributed by atoms with Gasteiger partial charge in [0.05, 0.1) is 12.2 Å². The lowest BCUT2D eigenvalue weighted by Crippen LogP contribution is -2.16. The second-order valence-electron chi connectivity index (χ2n) is 4.20. The highest BCUT2D eigenvalue weighted by Gasteiger charge is 2.10. The van der Waals surface area contributed by atoms with Gasteiger partial charge in [0.25, 0.3) is 0 Å². The Morgan fingerprint density at radius 2 is 2.17 bits per heavy atom. The standard InChI is InChI=1S/C13H21N3O2/c1-3-4-5-6-9-18-13-11(12(14)16-17)8-7-10(2)15-13/h7-8,17H,3-6,9H2,1-2H3,(H2,14,16). The van der Waals surface area contributed by atoms with Gasteiger partial charge >= 0.3 is 0 Å². The van der Waals surface area contributed by atoms with Crippen LogP contribution in [0.25, 0.3) is 0 Å². The van der Waals surface area contributed by atoms with Crippen molar-refractivity contribution in [2.24, 2.45) is 10.9 Å². The highest BCUT2D eigenvalue weighted by molar-refractivity contribution is 5.99. The Morgan fingerprint density at radius 1 is 1.39 bits per heavy atom. The number of unbranched alkanes of at least 4 members (excludes halogenated alkanes) is 3. The first-order valence-corrected chi connectivity index (χ1v) is 6.27. The number of oxime groups is 1. The monoisotopic (exact) mass is 251 g/mol. The summed E-state index contributed by atoms with van der Waals surface area (Å²) in [5, 5.41) is 11.7. The van der Waals surface area contributed by atoms with Crippen LogP contribution in [0.15, 0.2) is 17.3 Å². The van der Waals surface area contributed by atoms with Gasteiger partial charge in [0.1, 0.15) is 0 Å². The largest absolute Gasteiger partial charge is 0.477 e. The number of aryl methyl sites for hydroxylation is 1. The molecule has 5 nitrogen and oxygen atoms in total. The molecule has 0 saturated heterocycles. The van der Waals surface area contributed by atoms with Crippen molar-refractivity contribution in [3.8, 4) is 5.88 Å². The average molecular weight is 251 g/mol. The molecule has 1 rings (SSSR count). The molecular weight excluding hydrogens is 230 g/mol. The number of nitrogens with two attached hydrogens (primary N) is 1. The van der Waals surface area contributed by atoms with Crippen LogP contribution in [0, 0.1) is 6.92 Å². The molecule has 1 aromatic heterocycles. The van der Waals surface area contributed by atoms with E-state index >= 15 is 0 Å². The van der Waals surface area contributed by atoms with E-state index in [1.807, 2.05) is 6.92 Å². The van der Waals surface area contributed by atoms with Crippen LogP contribution in [0.4, 0.5) is 0 Å². The van der Waals surface area contributed by atoms with Crippen molar-refractivity contribution >= 4 is 5.84 Å². The molecule has 100 valence electrons. The second-order valence-corrected chi connectivity index (χ2v) is 4.20. The van der Waals surface area contributed by atoms with E-state index in [1.54, 1.807) is 12.1 Å². The van der Waals surface area contributed by atoms with Gasteiger partial charge in [0, 0.05) is 5.69 Å². The van der Waals surface area contributed by atoms with Crippen molar-refractivity contribution in [3.05, 3.63) is 23.4 Å². The lowest BCUT2D eigenvalue weighted by atomic mass is 10.2. The van der Waals surface area contributed by atoms with Crippen LogP contribution in [0.2, 0.25) is 0 Å². The summed E-state index contributed by atoms with van der Waals surface area (Å²) >= 11 is 0. The number of hydrogen-bond acceptors (Lipinski definition) is 4. The normalized spacial score (nSPS) is 11.6. The number of ether oxygens (including phenoxy) is 1. The van der Waals surface area contributed by atoms with E-state index in [9.17, 15) is 0 Å². The number of nitrogens with zero attached hydrogens (tertiary/aromatic N) is 2. The number of rotatable bonds is 7. The van der Waals surface area contributed by atoms with Crippen LogP contribution >= 0.6 is 0 Å². The van der Waals surface area contributed by atoms with Crippen LogP contribution in [0.3, 0.4) is 0 Å². The van der Waals surface area contributed by atoms with Gasteiger partial charge in [-0.05, 0) is 25.5 Å². The maximum absolute atomic E-state index is 8.70. The first-order valence-electron chi connectivity index (χ1n) is 6.27. The van der Waals surface area contributed by atoms with Gasteiger partial charge in [-0.1, -0.05) is 31.3 Å². The van der Waals surface area contributed by atoms with Gasteiger partial charge in [-0.3, -0.25) is 0 Å². The second kappa shape index (κ2) is 7.53. The van der Waals surface area contributed by atoms with Crippen molar-refractivity contribution in [1.29, 1.82) is 0 Å². The minimum Gasteiger partial charge on any atom is -0.477 e. The Hall–Kier alpha value is -1.78. The quantitative estimate of drug-likeness (QED) is 0.256. The number of pyridine rings is 1. The summed E-state index contributed by atoms with van der Waals surface area (Å²) in [6, 6.07) is 3.55. The highest BCUT2D eigenvalue weighted by atomic mass is 16.5. The molecule has 0 aromatic carbocycles. The molecule has 0 atom stereocenters. The minimum atomic E-state index is 0.0195. The number of aromatic nitrogens is 1. The summed E-state index contributed by atoms with van der Waals surface area (Å²) in [6.45, 7) is 4.64. The Kier molecular flexibility index (Phi) is 5.97. The van der Waals surface area contributed by atoms with Crippen LogP contribution < -0.4 is 10.5 Å². The highest BCUT2D eigenvalue weighted by Crippen LogP contribution is 2.16. The van der Waals surface area contributed by atoms with Gasteiger partial charge < -0.3 is 15.7 Å². The predicted molar refractivity (Wildman–Crippen MR) is 71.1 cm³/mol. The third-order valence-corrected chi connectivity index (χ3v) is 2.62. The molecule has 1 heterocycles. The molecule has 3 N–H and O–H groups in total. The number of amidine groups is 1. The van der Waals surface area contributed by atoms with E-state index in [2.05, 4.69) is 17.1 Å². The van der Waals surface area contributed by atoms with Gasteiger partial charge in [-0.2, -0.15) is 0 Å². The smallest absolute Gasteiger partial charge is 0.224 e. The molecule has 5 heteroatoms. The van der Waals surface area contributed by atoms with E-state index < -0.39 is 0 Å². The van der Waals surface area contributed by atoms with Crippen LogP contribution in [0.5, 0.6) is 5.88 Å². The topological polar surface area (TPSA) is 80.7 Å². The third kappa shape index (κ3) is 4.24. The Balaban J connectivity index is 2.65. The first kappa shape index (κ1) is 14.3. The maximum atomic E-state index is 8.70. The van der Waals surface area contributed by atoms with Crippen molar-refractivity contribution in [2.75, 3.05) is 6.61 Å². The van der Waals surface area contributed by atoms with Crippen molar-refractivity contribution in [2.45, 2.75) is 39.5 Å². The molecule has 0 spiro atoms. The van der Waals surface area contributed by atoms with Gasteiger partial charge in [0.2, 0.25) is 5.88 Å². The van der Waals surface area contributed by atoms with Crippen LogP contribution in [-0.2, 0) is 0 Å². The van der Waals surface area contributed by atoms with E-state index in [4.69, 9.17) is 15.7 Å². The molecule has 0 aliphatic heterocycles. The fraction of sp³-hybridized carbons (Fsp3) is 0.538. The van der Waals surface area contributed by atoms with Gasteiger partial charge in [0.15, 0.2) is 5.84 Å². The molecule has 0 bridgehead atoms. The molecule has 0 aliphatic carbocycles. The van der Waals surface area contributed by atoms with E-state index in [0.29, 0.717) is 18.1 Å². The Labute approximate surface area is 108 Å². The Morgan fingerprint density at radius 3 is 2.83 bits per heavy atom. The summed E-state index contributed by atoms with van der Waals surface area (Å²) < 4.78 is 5.60. The molecule has 0 saturated carbocycles. The molecule has 1 aromatic rings. The fourth-order valence-corrected chi connectivity index (χ4v) is 1.59. The zero-order chi connectivity index (χ0) is 13.4. The summed E-state index contributed by atoms with van der Waals surface area (Å²) in [7, 11) is 0. The SMILES string of the molecule is CCCCCCOc1nc(C)ccc1C(N)=NO. The van der Waals surface area contributed by atoms with Gasteiger partial charge in [-0.25, -0.2) is 4.98 Å². The summed E-state index contributed by atoms with van der Waals surface area (Å²) in [5.74, 6) is 0.452. The average Bonchev–Trinajstić information content (AvgIpc) is 2.38. The zero-order valence-corrected chi connectivity index (χ0v) is 11.0. The van der Waals surface area contributed by atoms with E-state index in [-0.39, 0.29) is 5.84 Å². The first-order chi connectivity index (χ1) is 8.69. The summed E-state index contributed by atoms with van der Waals surface area (Å²) in [5.41, 5.74) is 6.94. The fourth-order valence-electron chi connectivity index (χ4n) is 1.59. The maximum Gasteiger partial charge on any atom is 0.224 e. The van der Waals surface area contributed by atoms with Crippen LogP contribution in [-0.4, -0.2) is 22.6 Å². The molecule has 0 radical (unpaired) electrons. The Bertz CT molecular complexity index is 405. The van der Waals surface area contributed by atoms with Crippen molar-refractivity contribution < 1.29 is 9.94 Å². The molecule has 0 fully saturated rings.